The van der Waals surface area contributed by atoms with Crippen molar-refractivity contribution < 1.29 is 13.5 Å². The van der Waals surface area contributed by atoms with E-state index in [4.69, 9.17) is 4.74 Å². The molecule has 0 radical (unpaired) electrons. The van der Waals surface area contributed by atoms with Crippen molar-refractivity contribution in [2.24, 2.45) is 5.92 Å². The highest BCUT2D eigenvalue weighted by atomic mass is 19.3. The molecule has 4 aromatic heterocycles. The van der Waals surface area contributed by atoms with Crippen LogP contribution in [0.4, 0.5) is 26.2 Å². The molecule has 10 nitrogen and oxygen atoms in total. The van der Waals surface area contributed by atoms with E-state index in [1.54, 1.807) is 21.8 Å². The molecule has 12 heteroatoms. The molecular weight excluding hydrogens is 468 g/mol. The number of nitrogens with zero attached hydrogens (tertiary/aromatic N) is 8. The van der Waals surface area contributed by atoms with Crippen LogP contribution in [-0.4, -0.2) is 54.0 Å². The van der Waals surface area contributed by atoms with E-state index >= 15 is 0 Å². The van der Waals surface area contributed by atoms with E-state index in [0.29, 0.717) is 52.9 Å². The van der Waals surface area contributed by atoms with Crippen LogP contribution in [0, 0.1) is 12.8 Å². The molecular formula is C24H21F2N9O. The van der Waals surface area contributed by atoms with Crippen molar-refractivity contribution in [3.63, 3.8) is 0 Å². The highest BCUT2D eigenvalue weighted by molar-refractivity contribution is 5.87. The number of ether oxygens (including phenoxy) is 1. The lowest BCUT2D eigenvalue weighted by Crippen LogP contribution is -2.24. The van der Waals surface area contributed by atoms with Gasteiger partial charge in [-0.05, 0) is 43.2 Å². The fraction of sp³-hybridized carbons (Fsp3) is 0.250. The molecule has 0 amide bonds. The van der Waals surface area contributed by atoms with Crippen molar-refractivity contribution in [2.45, 2.75) is 19.8 Å². The van der Waals surface area contributed by atoms with Crippen LogP contribution in [0.2, 0.25) is 0 Å². The van der Waals surface area contributed by atoms with E-state index in [2.05, 4.69) is 35.3 Å². The molecule has 1 N–H and O–H groups in total. The maximum atomic E-state index is 13.1. The Bertz CT molecular complexity index is 1560. The van der Waals surface area contributed by atoms with E-state index in [0.717, 1.165) is 11.3 Å². The molecule has 182 valence electrons. The van der Waals surface area contributed by atoms with Crippen molar-refractivity contribution in [3.05, 3.63) is 60.9 Å². The molecule has 5 aromatic rings. The van der Waals surface area contributed by atoms with Gasteiger partial charge in [0.15, 0.2) is 11.5 Å². The first-order valence-corrected chi connectivity index (χ1v) is 11.4. The SMILES string of the molecule is Cc1cc(Nc2ncnc3cnc(N4CCC(C(F)F)C4)nc23)ccc1Oc1ccn2ncnc2c1. The van der Waals surface area contributed by atoms with Crippen LogP contribution in [0.15, 0.2) is 55.4 Å². The van der Waals surface area contributed by atoms with Crippen LogP contribution in [-0.2, 0) is 0 Å². The number of alkyl halides is 2. The predicted octanol–water partition coefficient (Wildman–Crippen LogP) is 4.40. The molecule has 0 spiro atoms. The number of halogens is 2. The molecule has 1 atom stereocenters. The van der Waals surface area contributed by atoms with Gasteiger partial charge in [-0.25, -0.2) is 38.2 Å². The van der Waals surface area contributed by atoms with Crippen molar-refractivity contribution in [1.82, 2.24) is 34.5 Å². The zero-order chi connectivity index (χ0) is 24.6. The Morgan fingerprint density at radius 2 is 2.00 bits per heavy atom. The molecule has 0 bridgehead atoms. The summed E-state index contributed by atoms with van der Waals surface area (Å²) in [4.78, 5) is 23.5. The zero-order valence-electron chi connectivity index (χ0n) is 19.2. The maximum Gasteiger partial charge on any atom is 0.243 e. The third-order valence-electron chi connectivity index (χ3n) is 6.15. The summed E-state index contributed by atoms with van der Waals surface area (Å²) in [6, 6.07) is 9.31. The number of hydrogen-bond acceptors (Lipinski definition) is 9. The number of nitrogens with one attached hydrogen (secondary N) is 1. The second-order valence-corrected chi connectivity index (χ2v) is 8.59. The van der Waals surface area contributed by atoms with Gasteiger partial charge in [0.05, 0.1) is 6.20 Å². The second kappa shape index (κ2) is 8.95. The minimum absolute atomic E-state index is 0.226. The van der Waals surface area contributed by atoms with Crippen LogP contribution in [0.5, 0.6) is 11.5 Å². The van der Waals surface area contributed by atoms with Crippen LogP contribution in [0.3, 0.4) is 0 Å². The minimum atomic E-state index is -2.35. The fourth-order valence-corrected chi connectivity index (χ4v) is 4.23. The summed E-state index contributed by atoms with van der Waals surface area (Å²) in [5.41, 5.74) is 3.46. The number of benzene rings is 1. The number of hydrogen-bond donors (Lipinski definition) is 1. The van der Waals surface area contributed by atoms with Crippen molar-refractivity contribution in [3.8, 4) is 11.5 Å². The topological polar surface area (TPSA) is 106 Å². The van der Waals surface area contributed by atoms with Gasteiger partial charge in [0.1, 0.15) is 35.2 Å². The first-order valence-electron chi connectivity index (χ1n) is 11.4. The van der Waals surface area contributed by atoms with E-state index in [1.165, 1.54) is 12.7 Å². The Kier molecular flexibility index (Phi) is 5.47. The highest BCUT2D eigenvalue weighted by Gasteiger charge is 2.31. The average Bonchev–Trinajstić information content (AvgIpc) is 3.56. The molecule has 1 unspecified atom stereocenters. The summed E-state index contributed by atoms with van der Waals surface area (Å²) in [5.74, 6) is 1.58. The van der Waals surface area contributed by atoms with Crippen LogP contribution in [0.1, 0.15) is 12.0 Å². The monoisotopic (exact) mass is 489 g/mol. The van der Waals surface area contributed by atoms with Gasteiger partial charge in [-0.3, -0.25) is 0 Å². The number of rotatable bonds is 6. The van der Waals surface area contributed by atoms with E-state index in [-0.39, 0.29) is 6.54 Å². The Morgan fingerprint density at radius 3 is 2.83 bits per heavy atom. The fourth-order valence-electron chi connectivity index (χ4n) is 4.23. The lowest BCUT2D eigenvalue weighted by atomic mass is 10.1. The lowest BCUT2D eigenvalue weighted by molar-refractivity contribution is 0.0879. The van der Waals surface area contributed by atoms with Gasteiger partial charge in [0.2, 0.25) is 12.4 Å². The number of anilines is 3. The van der Waals surface area contributed by atoms with Gasteiger partial charge in [-0.1, -0.05) is 0 Å². The Balaban J connectivity index is 1.24. The summed E-state index contributed by atoms with van der Waals surface area (Å²) in [6.07, 6.45) is 4.36. The molecule has 5 heterocycles. The third-order valence-corrected chi connectivity index (χ3v) is 6.15. The third kappa shape index (κ3) is 4.21. The zero-order valence-corrected chi connectivity index (χ0v) is 19.2. The molecule has 36 heavy (non-hydrogen) atoms. The van der Waals surface area contributed by atoms with Crippen LogP contribution in [0.25, 0.3) is 16.7 Å². The van der Waals surface area contributed by atoms with Crippen molar-refractivity contribution >= 4 is 34.1 Å². The normalized spacial score (nSPS) is 15.8. The van der Waals surface area contributed by atoms with Gasteiger partial charge >= 0.3 is 0 Å². The van der Waals surface area contributed by atoms with Crippen LogP contribution < -0.4 is 15.0 Å². The van der Waals surface area contributed by atoms with E-state index < -0.39 is 12.3 Å². The summed E-state index contributed by atoms with van der Waals surface area (Å²) >= 11 is 0. The molecule has 1 aromatic carbocycles. The summed E-state index contributed by atoms with van der Waals surface area (Å²) in [6.45, 7) is 2.66. The summed E-state index contributed by atoms with van der Waals surface area (Å²) < 4.78 is 33.9. The molecule has 1 fully saturated rings. The Labute approximate surface area is 204 Å². The van der Waals surface area contributed by atoms with Gasteiger partial charge in [0.25, 0.3) is 0 Å². The Morgan fingerprint density at radius 1 is 1.08 bits per heavy atom. The minimum Gasteiger partial charge on any atom is -0.457 e. The molecule has 0 saturated carbocycles. The van der Waals surface area contributed by atoms with Crippen LogP contribution >= 0.6 is 0 Å². The summed E-state index contributed by atoms with van der Waals surface area (Å²) in [5, 5.41) is 7.37. The first-order chi connectivity index (χ1) is 17.5. The second-order valence-electron chi connectivity index (χ2n) is 8.59. The number of aryl methyl sites for hydroxylation is 1. The van der Waals surface area contributed by atoms with Gasteiger partial charge < -0.3 is 15.0 Å². The molecule has 1 saturated heterocycles. The van der Waals surface area contributed by atoms with E-state index in [9.17, 15) is 8.78 Å². The van der Waals surface area contributed by atoms with Gasteiger partial charge in [-0.2, -0.15) is 5.10 Å². The van der Waals surface area contributed by atoms with Crippen molar-refractivity contribution in [1.29, 1.82) is 0 Å². The standard InChI is InChI=1S/C24H21F2N9O/c1-14-8-16(2-3-19(14)36-17-5-7-35-20(9-17)29-13-31-35)32-23-21-18(28-12-30-23)10-27-24(33-21)34-6-4-15(11-34)22(25)26/h2-3,5,7-10,12-13,15,22H,4,6,11H2,1H3,(H,28,30,32). The quantitative estimate of drug-likeness (QED) is 0.371. The van der Waals surface area contributed by atoms with Gasteiger partial charge in [-0.15, -0.1) is 0 Å². The molecule has 1 aliphatic rings. The molecule has 1 aliphatic heterocycles. The average molecular weight is 489 g/mol. The lowest BCUT2D eigenvalue weighted by Gasteiger charge is -2.17. The Hall–Kier alpha value is -4.48. The first kappa shape index (κ1) is 22.0. The van der Waals surface area contributed by atoms with Gasteiger partial charge in [0, 0.05) is 37.0 Å². The smallest absolute Gasteiger partial charge is 0.243 e. The maximum absolute atomic E-state index is 13.1. The largest absolute Gasteiger partial charge is 0.457 e. The summed E-state index contributed by atoms with van der Waals surface area (Å²) in [7, 11) is 0. The highest BCUT2D eigenvalue weighted by Crippen LogP contribution is 2.31. The number of aromatic nitrogens is 7. The predicted molar refractivity (Wildman–Crippen MR) is 129 cm³/mol. The molecule has 6 rings (SSSR count). The number of pyridine rings is 1. The number of fused-ring (bicyclic) bond motifs is 2. The molecule has 0 aliphatic carbocycles. The van der Waals surface area contributed by atoms with Crippen molar-refractivity contribution in [2.75, 3.05) is 23.3 Å². The van der Waals surface area contributed by atoms with E-state index in [1.807, 2.05) is 37.3 Å².